The second kappa shape index (κ2) is 4.92. The molecular weight excluding hydrogens is 262 g/mol. The number of carboxylic acid groups (broad SMARTS) is 1. The molecule has 0 spiro atoms. The Morgan fingerprint density at radius 1 is 1.29 bits per heavy atom. The van der Waals surface area contributed by atoms with Crippen molar-refractivity contribution in [1.82, 2.24) is 0 Å². The van der Waals surface area contributed by atoms with Crippen molar-refractivity contribution in [3.05, 3.63) is 59.7 Å². The van der Waals surface area contributed by atoms with Crippen LogP contribution in [0.3, 0.4) is 0 Å². The summed E-state index contributed by atoms with van der Waals surface area (Å²) in [5, 5.41) is 9.04. The SMILES string of the molecule is CN1c2ccccc2C(CCC(=O)O)=C2C=CC=CC21C. The highest BCUT2D eigenvalue weighted by atomic mass is 16.4. The summed E-state index contributed by atoms with van der Waals surface area (Å²) in [6.07, 6.45) is 9.10. The molecule has 1 aliphatic heterocycles. The number of aliphatic carboxylic acids is 1. The highest BCUT2D eigenvalue weighted by Crippen LogP contribution is 2.46. The molecule has 0 aromatic heterocycles. The van der Waals surface area contributed by atoms with E-state index < -0.39 is 5.97 Å². The first-order valence-electron chi connectivity index (χ1n) is 7.18. The van der Waals surface area contributed by atoms with E-state index in [2.05, 4.69) is 49.2 Å². The monoisotopic (exact) mass is 281 g/mol. The topological polar surface area (TPSA) is 40.5 Å². The maximum atomic E-state index is 11.0. The molecule has 1 unspecified atom stereocenters. The van der Waals surface area contributed by atoms with E-state index in [9.17, 15) is 4.79 Å². The summed E-state index contributed by atoms with van der Waals surface area (Å²) in [5.41, 5.74) is 4.44. The van der Waals surface area contributed by atoms with Gasteiger partial charge in [-0.25, -0.2) is 0 Å². The second-order valence-corrected chi connectivity index (χ2v) is 5.73. The lowest BCUT2D eigenvalue weighted by atomic mass is 9.76. The van der Waals surface area contributed by atoms with E-state index in [1.807, 2.05) is 18.2 Å². The maximum Gasteiger partial charge on any atom is 0.303 e. The number of anilines is 1. The Bertz CT molecular complexity index is 684. The molecule has 1 aromatic rings. The van der Waals surface area contributed by atoms with E-state index in [1.165, 1.54) is 5.57 Å². The molecule has 108 valence electrons. The largest absolute Gasteiger partial charge is 0.481 e. The number of benzene rings is 1. The van der Waals surface area contributed by atoms with Gasteiger partial charge in [-0.05, 0) is 30.6 Å². The van der Waals surface area contributed by atoms with E-state index in [4.69, 9.17) is 5.11 Å². The van der Waals surface area contributed by atoms with Crippen LogP contribution in [-0.2, 0) is 4.79 Å². The Labute approximate surface area is 124 Å². The number of likely N-dealkylation sites (N-methyl/N-ethyl adjacent to an activating group) is 1. The summed E-state index contributed by atoms with van der Waals surface area (Å²) in [7, 11) is 2.09. The third-order valence-electron chi connectivity index (χ3n) is 4.54. The molecule has 0 fully saturated rings. The lowest BCUT2D eigenvalue weighted by Crippen LogP contribution is -2.47. The maximum absolute atomic E-state index is 11.0. The molecule has 1 N–H and O–H groups in total. The van der Waals surface area contributed by atoms with E-state index >= 15 is 0 Å². The van der Waals surface area contributed by atoms with E-state index in [1.54, 1.807) is 0 Å². The van der Waals surface area contributed by atoms with Gasteiger partial charge >= 0.3 is 5.97 Å². The van der Waals surface area contributed by atoms with Gasteiger partial charge < -0.3 is 10.0 Å². The smallest absolute Gasteiger partial charge is 0.303 e. The van der Waals surface area contributed by atoms with Gasteiger partial charge in [0.2, 0.25) is 0 Å². The van der Waals surface area contributed by atoms with Crippen molar-refractivity contribution in [2.24, 2.45) is 0 Å². The van der Waals surface area contributed by atoms with Gasteiger partial charge in [0.05, 0.1) is 5.54 Å². The molecule has 0 saturated heterocycles. The number of para-hydroxylation sites is 1. The van der Waals surface area contributed by atoms with Crippen LogP contribution < -0.4 is 4.90 Å². The van der Waals surface area contributed by atoms with Gasteiger partial charge in [0.15, 0.2) is 0 Å². The van der Waals surface area contributed by atoms with Crippen LogP contribution in [0.4, 0.5) is 5.69 Å². The van der Waals surface area contributed by atoms with E-state index in [0.29, 0.717) is 6.42 Å². The summed E-state index contributed by atoms with van der Waals surface area (Å²) in [6.45, 7) is 2.18. The number of hydrogen-bond donors (Lipinski definition) is 1. The Morgan fingerprint density at radius 2 is 2.05 bits per heavy atom. The molecular formula is C18H19NO2. The van der Waals surface area contributed by atoms with Gasteiger partial charge in [0, 0.05) is 24.7 Å². The number of carboxylic acids is 1. The lowest BCUT2D eigenvalue weighted by molar-refractivity contribution is -0.136. The molecule has 3 rings (SSSR count). The molecule has 1 aromatic carbocycles. The highest BCUT2D eigenvalue weighted by Gasteiger charge is 2.38. The van der Waals surface area contributed by atoms with Crippen molar-refractivity contribution < 1.29 is 9.90 Å². The first-order chi connectivity index (χ1) is 10.0. The van der Waals surface area contributed by atoms with Gasteiger partial charge in [-0.1, -0.05) is 42.5 Å². The van der Waals surface area contributed by atoms with Crippen molar-refractivity contribution in [3.63, 3.8) is 0 Å². The Balaban J connectivity index is 2.19. The van der Waals surface area contributed by atoms with Crippen molar-refractivity contribution >= 4 is 17.2 Å². The molecule has 1 atom stereocenters. The lowest BCUT2D eigenvalue weighted by Gasteiger charge is -2.46. The fraction of sp³-hybridized carbons (Fsp3) is 0.278. The zero-order valence-corrected chi connectivity index (χ0v) is 12.3. The molecule has 0 radical (unpaired) electrons. The fourth-order valence-electron chi connectivity index (χ4n) is 3.27. The summed E-state index contributed by atoms with van der Waals surface area (Å²) in [6, 6.07) is 8.23. The summed E-state index contributed by atoms with van der Waals surface area (Å²) in [4.78, 5) is 13.3. The fourth-order valence-corrected chi connectivity index (χ4v) is 3.27. The molecule has 1 heterocycles. The average Bonchev–Trinajstić information content (AvgIpc) is 2.48. The number of carbonyl (C=O) groups is 1. The third-order valence-corrected chi connectivity index (χ3v) is 4.54. The van der Waals surface area contributed by atoms with Crippen LogP contribution in [0.2, 0.25) is 0 Å². The third kappa shape index (κ3) is 2.09. The summed E-state index contributed by atoms with van der Waals surface area (Å²) < 4.78 is 0. The standard InChI is InChI=1S/C18H19NO2/c1-18-12-6-5-8-15(18)13(10-11-17(20)21)14-7-3-4-9-16(14)19(18)2/h3-9,12H,10-11H2,1-2H3,(H,20,21). The molecule has 3 heteroatoms. The van der Waals surface area contributed by atoms with Gasteiger partial charge in [0.1, 0.15) is 0 Å². The molecule has 2 aliphatic rings. The Kier molecular flexibility index (Phi) is 3.20. The molecule has 21 heavy (non-hydrogen) atoms. The molecule has 0 bridgehead atoms. The predicted molar refractivity (Wildman–Crippen MR) is 85.3 cm³/mol. The minimum absolute atomic E-state index is 0.157. The normalized spacial score (nSPS) is 23.0. The summed E-state index contributed by atoms with van der Waals surface area (Å²) >= 11 is 0. The van der Waals surface area contributed by atoms with Crippen LogP contribution in [0.5, 0.6) is 0 Å². The zero-order valence-electron chi connectivity index (χ0n) is 12.3. The Hall–Kier alpha value is -2.29. The second-order valence-electron chi connectivity index (χ2n) is 5.73. The van der Waals surface area contributed by atoms with Gasteiger partial charge in [-0.3, -0.25) is 4.79 Å². The summed E-state index contributed by atoms with van der Waals surface area (Å²) in [5.74, 6) is -0.753. The van der Waals surface area contributed by atoms with Crippen molar-refractivity contribution in [3.8, 4) is 0 Å². The van der Waals surface area contributed by atoms with Crippen LogP contribution in [0.15, 0.2) is 54.1 Å². The number of nitrogens with zero attached hydrogens (tertiary/aromatic N) is 1. The number of rotatable bonds is 3. The number of hydrogen-bond acceptors (Lipinski definition) is 2. The van der Waals surface area contributed by atoms with E-state index in [0.717, 1.165) is 16.8 Å². The highest BCUT2D eigenvalue weighted by molar-refractivity contribution is 5.88. The molecule has 0 saturated carbocycles. The number of allylic oxidation sites excluding steroid dienone is 3. The molecule has 1 aliphatic carbocycles. The molecule has 0 amide bonds. The molecule has 3 nitrogen and oxygen atoms in total. The van der Waals surface area contributed by atoms with Crippen LogP contribution >= 0.6 is 0 Å². The van der Waals surface area contributed by atoms with Gasteiger partial charge in [-0.15, -0.1) is 0 Å². The quantitative estimate of drug-likeness (QED) is 0.919. The van der Waals surface area contributed by atoms with Crippen LogP contribution in [0, 0.1) is 0 Å². The minimum atomic E-state index is -0.753. The van der Waals surface area contributed by atoms with Gasteiger partial charge in [-0.2, -0.15) is 0 Å². The van der Waals surface area contributed by atoms with Gasteiger partial charge in [0.25, 0.3) is 0 Å². The van der Waals surface area contributed by atoms with Crippen molar-refractivity contribution in [2.75, 3.05) is 11.9 Å². The number of fused-ring (bicyclic) bond motifs is 2. The van der Waals surface area contributed by atoms with Crippen LogP contribution in [-0.4, -0.2) is 23.7 Å². The zero-order chi connectivity index (χ0) is 15.0. The Morgan fingerprint density at radius 3 is 2.81 bits per heavy atom. The van der Waals surface area contributed by atoms with Crippen LogP contribution in [0.1, 0.15) is 25.3 Å². The first kappa shape index (κ1) is 13.7. The van der Waals surface area contributed by atoms with E-state index in [-0.39, 0.29) is 12.0 Å². The minimum Gasteiger partial charge on any atom is -0.481 e. The van der Waals surface area contributed by atoms with Crippen molar-refractivity contribution in [1.29, 1.82) is 0 Å². The van der Waals surface area contributed by atoms with Crippen molar-refractivity contribution in [2.45, 2.75) is 25.3 Å². The predicted octanol–water partition coefficient (Wildman–Crippen LogP) is 3.64. The average molecular weight is 281 g/mol. The van der Waals surface area contributed by atoms with Crippen LogP contribution in [0.25, 0.3) is 5.57 Å². The first-order valence-corrected chi connectivity index (χ1v) is 7.18.